The first-order valence-electron chi connectivity index (χ1n) is 9.19. The van der Waals surface area contributed by atoms with Gasteiger partial charge in [0.15, 0.2) is 0 Å². The number of halogens is 1. The third-order valence-corrected chi connectivity index (χ3v) is 6.43. The standard InChI is InChI=1S/C18H24N4O2S.ClH/c1-11-14-17(21-13-7-3-2-4-9-22(13)18(14)24)25-15(11)16(23)20-12-6-5-8-19-10-12;/h12,19H,2-10H2,1H3,(H,20,23);1H. The van der Waals surface area contributed by atoms with Gasteiger partial charge >= 0.3 is 0 Å². The molecule has 1 unspecified atom stereocenters. The number of hydrogen-bond acceptors (Lipinski definition) is 5. The lowest BCUT2D eigenvalue weighted by molar-refractivity contribution is 0.0934. The molecule has 0 aliphatic carbocycles. The summed E-state index contributed by atoms with van der Waals surface area (Å²) in [6, 6.07) is 0.164. The summed E-state index contributed by atoms with van der Waals surface area (Å²) in [5.41, 5.74) is 0.798. The molecule has 0 radical (unpaired) electrons. The largest absolute Gasteiger partial charge is 0.347 e. The highest BCUT2D eigenvalue weighted by Gasteiger charge is 2.24. The number of amides is 1. The lowest BCUT2D eigenvalue weighted by atomic mass is 10.1. The molecule has 4 rings (SSSR count). The Morgan fingerprint density at radius 3 is 2.92 bits per heavy atom. The zero-order chi connectivity index (χ0) is 17.4. The van der Waals surface area contributed by atoms with E-state index in [2.05, 4.69) is 10.6 Å². The molecule has 2 aliphatic heterocycles. The molecule has 8 heteroatoms. The molecule has 1 amide bonds. The fourth-order valence-electron chi connectivity index (χ4n) is 3.85. The third kappa shape index (κ3) is 3.52. The van der Waals surface area contributed by atoms with Crippen LogP contribution >= 0.6 is 23.7 Å². The third-order valence-electron chi connectivity index (χ3n) is 5.25. The molecule has 4 heterocycles. The molecule has 2 aromatic heterocycles. The predicted octanol–water partition coefficient (Wildman–Crippen LogP) is 2.40. The van der Waals surface area contributed by atoms with E-state index in [1.165, 1.54) is 11.3 Å². The normalized spacial score (nSPS) is 20.1. The van der Waals surface area contributed by atoms with Crippen LogP contribution in [0.25, 0.3) is 10.2 Å². The van der Waals surface area contributed by atoms with E-state index in [9.17, 15) is 9.59 Å². The highest BCUT2D eigenvalue weighted by molar-refractivity contribution is 7.20. The molecular weight excluding hydrogens is 372 g/mol. The second-order valence-corrected chi connectivity index (χ2v) is 8.05. The van der Waals surface area contributed by atoms with Crippen molar-refractivity contribution in [3.8, 4) is 0 Å². The minimum absolute atomic E-state index is 0. The van der Waals surface area contributed by atoms with Crippen molar-refractivity contribution >= 4 is 39.9 Å². The molecule has 1 fully saturated rings. The number of nitrogens with zero attached hydrogens (tertiary/aromatic N) is 2. The topological polar surface area (TPSA) is 76.0 Å². The molecule has 26 heavy (non-hydrogen) atoms. The number of aromatic nitrogens is 2. The van der Waals surface area contributed by atoms with E-state index in [4.69, 9.17) is 4.98 Å². The molecule has 6 nitrogen and oxygen atoms in total. The Balaban J connectivity index is 0.00000196. The molecule has 0 aromatic carbocycles. The molecule has 1 atom stereocenters. The molecule has 2 aliphatic rings. The number of carbonyl (C=O) groups is 1. The van der Waals surface area contributed by atoms with E-state index in [0.29, 0.717) is 15.1 Å². The van der Waals surface area contributed by atoms with Crippen molar-refractivity contribution < 1.29 is 4.79 Å². The second-order valence-electron chi connectivity index (χ2n) is 7.05. The SMILES string of the molecule is Cc1c(C(=O)NC2CCCNC2)sc2nc3n(c(=O)c12)CCCCC3.Cl. The first-order valence-corrected chi connectivity index (χ1v) is 10.0. The summed E-state index contributed by atoms with van der Waals surface area (Å²) in [6.45, 7) is 4.44. The van der Waals surface area contributed by atoms with E-state index in [0.717, 1.165) is 69.5 Å². The van der Waals surface area contributed by atoms with Crippen LogP contribution in [0.5, 0.6) is 0 Å². The second kappa shape index (κ2) is 8.06. The first-order chi connectivity index (χ1) is 12.1. The van der Waals surface area contributed by atoms with Crippen molar-refractivity contribution in [2.45, 2.75) is 58.0 Å². The van der Waals surface area contributed by atoms with Gasteiger partial charge in [-0.1, -0.05) is 6.42 Å². The maximum absolute atomic E-state index is 13.0. The van der Waals surface area contributed by atoms with Crippen LogP contribution in [0.2, 0.25) is 0 Å². The summed E-state index contributed by atoms with van der Waals surface area (Å²) in [7, 11) is 0. The molecule has 1 saturated heterocycles. The van der Waals surface area contributed by atoms with Crippen molar-refractivity contribution in [2.75, 3.05) is 13.1 Å². The molecule has 2 aromatic rings. The quantitative estimate of drug-likeness (QED) is 0.817. The van der Waals surface area contributed by atoms with Gasteiger partial charge in [0.25, 0.3) is 11.5 Å². The number of fused-ring (bicyclic) bond motifs is 2. The number of hydrogen-bond donors (Lipinski definition) is 2. The molecule has 2 N–H and O–H groups in total. The van der Waals surface area contributed by atoms with E-state index in [1.807, 2.05) is 11.5 Å². The lowest BCUT2D eigenvalue weighted by Gasteiger charge is -2.23. The lowest BCUT2D eigenvalue weighted by Crippen LogP contribution is -2.45. The van der Waals surface area contributed by atoms with Crippen LogP contribution in [0.15, 0.2) is 4.79 Å². The number of nitrogens with one attached hydrogen (secondary N) is 2. The van der Waals surface area contributed by atoms with Gasteiger partial charge in [-0.05, 0) is 44.7 Å². The minimum Gasteiger partial charge on any atom is -0.347 e. The summed E-state index contributed by atoms with van der Waals surface area (Å²) in [6.07, 6.45) is 6.15. The Labute approximate surface area is 162 Å². The number of aryl methyl sites for hydroxylation is 2. The van der Waals surface area contributed by atoms with Crippen molar-refractivity contribution in [1.82, 2.24) is 20.2 Å². The van der Waals surface area contributed by atoms with Crippen LogP contribution < -0.4 is 16.2 Å². The van der Waals surface area contributed by atoms with Crippen LogP contribution in [-0.4, -0.2) is 34.6 Å². The van der Waals surface area contributed by atoms with Gasteiger partial charge in [0.2, 0.25) is 0 Å². The van der Waals surface area contributed by atoms with Crippen molar-refractivity contribution in [1.29, 1.82) is 0 Å². The smallest absolute Gasteiger partial charge is 0.262 e. The highest BCUT2D eigenvalue weighted by Crippen LogP contribution is 2.28. The van der Waals surface area contributed by atoms with Crippen molar-refractivity contribution in [3.63, 3.8) is 0 Å². The number of thiophene rings is 1. The van der Waals surface area contributed by atoms with Gasteiger partial charge in [-0.2, -0.15) is 0 Å². The maximum atomic E-state index is 13.0. The number of rotatable bonds is 2. The predicted molar refractivity (Wildman–Crippen MR) is 107 cm³/mol. The van der Waals surface area contributed by atoms with Gasteiger partial charge in [0, 0.05) is 25.6 Å². The highest BCUT2D eigenvalue weighted by atomic mass is 35.5. The fourth-order valence-corrected chi connectivity index (χ4v) is 4.95. The van der Waals surface area contributed by atoms with E-state index in [1.54, 1.807) is 0 Å². The van der Waals surface area contributed by atoms with Crippen LogP contribution in [0.1, 0.15) is 53.2 Å². The van der Waals surface area contributed by atoms with E-state index >= 15 is 0 Å². The fraction of sp³-hybridized carbons (Fsp3) is 0.611. The summed E-state index contributed by atoms with van der Waals surface area (Å²) in [5, 5.41) is 7.04. The molecule has 142 valence electrons. The summed E-state index contributed by atoms with van der Waals surface area (Å²) >= 11 is 1.36. The average molecular weight is 397 g/mol. The minimum atomic E-state index is -0.0752. The van der Waals surface area contributed by atoms with Crippen LogP contribution in [0.4, 0.5) is 0 Å². The zero-order valence-corrected chi connectivity index (χ0v) is 16.6. The van der Waals surface area contributed by atoms with Gasteiger partial charge in [-0.25, -0.2) is 4.98 Å². The van der Waals surface area contributed by atoms with E-state index in [-0.39, 0.29) is 29.9 Å². The number of carbonyl (C=O) groups excluding carboxylic acids is 1. The van der Waals surface area contributed by atoms with E-state index < -0.39 is 0 Å². The monoisotopic (exact) mass is 396 g/mol. The van der Waals surface area contributed by atoms with Crippen LogP contribution in [0.3, 0.4) is 0 Å². The Bertz CT molecular complexity index is 870. The zero-order valence-electron chi connectivity index (χ0n) is 15.0. The Morgan fingerprint density at radius 2 is 2.15 bits per heavy atom. The summed E-state index contributed by atoms with van der Waals surface area (Å²) in [4.78, 5) is 31.8. The summed E-state index contributed by atoms with van der Waals surface area (Å²) in [5.74, 6) is 0.800. The molecule has 0 spiro atoms. The van der Waals surface area contributed by atoms with Crippen molar-refractivity contribution in [2.24, 2.45) is 0 Å². The molecule has 0 bridgehead atoms. The first kappa shape index (κ1) is 19.3. The van der Waals surface area contributed by atoms with Gasteiger partial charge in [-0.3, -0.25) is 14.2 Å². The van der Waals surface area contributed by atoms with Gasteiger partial charge in [0.05, 0.1) is 10.3 Å². The van der Waals surface area contributed by atoms with Crippen molar-refractivity contribution in [3.05, 3.63) is 26.6 Å². The molecule has 0 saturated carbocycles. The summed E-state index contributed by atoms with van der Waals surface area (Å²) < 4.78 is 1.82. The Kier molecular flexibility index (Phi) is 5.99. The Morgan fingerprint density at radius 1 is 1.31 bits per heavy atom. The van der Waals surface area contributed by atoms with Gasteiger partial charge < -0.3 is 10.6 Å². The van der Waals surface area contributed by atoms with Gasteiger partial charge in [0.1, 0.15) is 10.7 Å². The Hall–Kier alpha value is -1.44. The molecular formula is C18H25ClN4O2S. The average Bonchev–Trinajstić information content (AvgIpc) is 2.79. The van der Waals surface area contributed by atoms with Crippen LogP contribution in [-0.2, 0) is 13.0 Å². The maximum Gasteiger partial charge on any atom is 0.262 e. The van der Waals surface area contributed by atoms with Gasteiger partial charge in [-0.15, -0.1) is 23.7 Å². The van der Waals surface area contributed by atoms with Crippen LogP contribution in [0, 0.1) is 6.92 Å². The number of piperidine rings is 1.